The van der Waals surface area contributed by atoms with E-state index in [0.717, 1.165) is 12.8 Å². The summed E-state index contributed by atoms with van der Waals surface area (Å²) in [5, 5.41) is 4.95. The number of benzene rings is 1. The number of sulfonamides is 1. The number of hydrogen-bond donors (Lipinski definition) is 1. The summed E-state index contributed by atoms with van der Waals surface area (Å²) in [6, 6.07) is 4.28. The fraction of sp³-hybridized carbons (Fsp3) is 0.375. The van der Waals surface area contributed by atoms with E-state index in [1.807, 2.05) is 6.92 Å². The maximum absolute atomic E-state index is 12.9. The van der Waals surface area contributed by atoms with Gasteiger partial charge in [-0.05, 0) is 37.0 Å². The molecule has 1 aromatic heterocycles. The number of hydrogen-bond acceptors (Lipinski definition) is 5. The second-order valence-electron chi connectivity index (χ2n) is 6.05. The molecular weight excluding hydrogens is 382 g/mol. The Morgan fingerprint density at radius 1 is 1.44 bits per heavy atom. The minimum absolute atomic E-state index is 0.0324. The van der Waals surface area contributed by atoms with Gasteiger partial charge in [-0.25, -0.2) is 13.4 Å². The standard InChI is InChI=1S/C16H18ClN3O3S2/c1-11-3-2-7-20(10-11)25(22,23)14-9-12(4-5-13(14)17)15(21)19-16-18-6-8-24-16/h4-6,8-9,11H,2-3,7,10H2,1H3,(H,18,19,21)/t11-/m0/s1. The zero-order chi connectivity index (χ0) is 18.0. The molecule has 3 rings (SSSR count). The van der Waals surface area contributed by atoms with Gasteiger partial charge in [0, 0.05) is 30.2 Å². The van der Waals surface area contributed by atoms with Crippen LogP contribution in [0.25, 0.3) is 0 Å². The lowest BCUT2D eigenvalue weighted by Crippen LogP contribution is -2.39. The summed E-state index contributed by atoms with van der Waals surface area (Å²) in [4.78, 5) is 16.3. The zero-order valence-electron chi connectivity index (χ0n) is 13.6. The minimum atomic E-state index is -3.74. The summed E-state index contributed by atoms with van der Waals surface area (Å²) in [6.45, 7) is 2.97. The van der Waals surface area contributed by atoms with E-state index in [1.165, 1.54) is 33.8 Å². The van der Waals surface area contributed by atoms with E-state index in [1.54, 1.807) is 11.6 Å². The lowest BCUT2D eigenvalue weighted by Gasteiger charge is -2.30. The first-order valence-electron chi connectivity index (χ1n) is 7.88. The van der Waals surface area contributed by atoms with Crippen LogP contribution >= 0.6 is 22.9 Å². The van der Waals surface area contributed by atoms with Crippen LogP contribution in [0, 0.1) is 5.92 Å². The zero-order valence-corrected chi connectivity index (χ0v) is 16.0. The van der Waals surface area contributed by atoms with Gasteiger partial charge in [0.1, 0.15) is 4.90 Å². The van der Waals surface area contributed by atoms with Crippen LogP contribution < -0.4 is 5.32 Å². The Kier molecular flexibility index (Phi) is 5.43. The molecule has 1 aliphatic rings. The van der Waals surface area contributed by atoms with E-state index in [0.29, 0.717) is 24.1 Å². The Morgan fingerprint density at radius 3 is 2.92 bits per heavy atom. The number of rotatable bonds is 4. The van der Waals surface area contributed by atoms with Gasteiger partial charge in [-0.2, -0.15) is 4.31 Å². The first-order valence-corrected chi connectivity index (χ1v) is 10.6. The summed E-state index contributed by atoms with van der Waals surface area (Å²) >= 11 is 7.42. The fourth-order valence-corrected chi connectivity index (χ4v) is 5.42. The van der Waals surface area contributed by atoms with Gasteiger partial charge in [-0.15, -0.1) is 11.3 Å². The third-order valence-corrected chi connectivity index (χ3v) is 7.12. The Hall–Kier alpha value is -1.48. The molecular formula is C16H18ClN3O3S2. The Bertz CT molecular complexity index is 869. The molecule has 1 fully saturated rings. The molecule has 0 saturated carbocycles. The van der Waals surface area contributed by atoms with Crippen molar-refractivity contribution in [3.63, 3.8) is 0 Å². The molecule has 25 heavy (non-hydrogen) atoms. The van der Waals surface area contributed by atoms with Crippen molar-refractivity contribution in [1.29, 1.82) is 0 Å². The van der Waals surface area contributed by atoms with Gasteiger partial charge in [-0.1, -0.05) is 18.5 Å². The van der Waals surface area contributed by atoms with Crippen molar-refractivity contribution in [3.8, 4) is 0 Å². The molecule has 1 aliphatic heterocycles. The van der Waals surface area contributed by atoms with Gasteiger partial charge in [0.05, 0.1) is 5.02 Å². The van der Waals surface area contributed by atoms with Crippen LogP contribution in [0.2, 0.25) is 5.02 Å². The number of amides is 1. The van der Waals surface area contributed by atoms with E-state index < -0.39 is 15.9 Å². The van der Waals surface area contributed by atoms with Crippen LogP contribution in [0.15, 0.2) is 34.7 Å². The van der Waals surface area contributed by atoms with Crippen LogP contribution in [-0.4, -0.2) is 36.7 Å². The highest BCUT2D eigenvalue weighted by molar-refractivity contribution is 7.89. The number of thiazole rings is 1. The second kappa shape index (κ2) is 7.41. The average Bonchev–Trinajstić information content (AvgIpc) is 3.08. The quantitative estimate of drug-likeness (QED) is 0.853. The molecule has 1 atom stereocenters. The molecule has 1 N–H and O–H groups in total. The van der Waals surface area contributed by atoms with Gasteiger partial charge < -0.3 is 0 Å². The Labute approximate surface area is 155 Å². The van der Waals surface area contributed by atoms with Crippen molar-refractivity contribution < 1.29 is 13.2 Å². The van der Waals surface area contributed by atoms with Crippen LogP contribution in [0.1, 0.15) is 30.1 Å². The van der Waals surface area contributed by atoms with Gasteiger partial charge >= 0.3 is 0 Å². The van der Waals surface area contributed by atoms with Gasteiger partial charge in [-0.3, -0.25) is 10.1 Å². The molecule has 0 radical (unpaired) electrons. The molecule has 0 unspecified atom stereocenters. The lowest BCUT2D eigenvalue weighted by atomic mass is 10.0. The Balaban J connectivity index is 1.89. The number of carbonyl (C=O) groups excluding carboxylic acids is 1. The molecule has 134 valence electrons. The van der Waals surface area contributed by atoms with Gasteiger partial charge in [0.15, 0.2) is 5.13 Å². The molecule has 0 spiro atoms. The van der Waals surface area contributed by atoms with Crippen molar-refractivity contribution in [2.45, 2.75) is 24.7 Å². The topological polar surface area (TPSA) is 79.4 Å². The average molecular weight is 400 g/mol. The van der Waals surface area contributed by atoms with Crippen molar-refractivity contribution in [2.24, 2.45) is 5.92 Å². The van der Waals surface area contributed by atoms with Crippen LogP contribution in [0.4, 0.5) is 5.13 Å². The monoisotopic (exact) mass is 399 g/mol. The first kappa shape index (κ1) is 18.3. The highest BCUT2D eigenvalue weighted by atomic mass is 35.5. The van der Waals surface area contributed by atoms with E-state index in [-0.39, 0.29) is 15.5 Å². The van der Waals surface area contributed by atoms with Crippen molar-refractivity contribution in [2.75, 3.05) is 18.4 Å². The summed E-state index contributed by atoms with van der Waals surface area (Å²) in [7, 11) is -3.74. The molecule has 1 aromatic carbocycles. The predicted molar refractivity (Wildman–Crippen MR) is 98.7 cm³/mol. The normalized spacial score (nSPS) is 18.9. The summed E-state index contributed by atoms with van der Waals surface area (Å²) in [6.07, 6.45) is 3.41. The number of nitrogens with one attached hydrogen (secondary N) is 1. The van der Waals surface area contributed by atoms with Crippen molar-refractivity contribution in [3.05, 3.63) is 40.4 Å². The predicted octanol–water partition coefficient (Wildman–Crippen LogP) is 3.47. The maximum atomic E-state index is 12.9. The molecule has 0 aliphatic carbocycles. The van der Waals surface area contributed by atoms with Crippen LogP contribution in [0.5, 0.6) is 0 Å². The molecule has 1 saturated heterocycles. The first-order chi connectivity index (χ1) is 11.9. The van der Waals surface area contributed by atoms with E-state index in [2.05, 4.69) is 10.3 Å². The molecule has 0 bridgehead atoms. The van der Waals surface area contributed by atoms with E-state index in [4.69, 9.17) is 11.6 Å². The number of aromatic nitrogens is 1. The van der Waals surface area contributed by atoms with Gasteiger partial charge in [0.25, 0.3) is 5.91 Å². The molecule has 2 aromatic rings. The van der Waals surface area contributed by atoms with Crippen molar-refractivity contribution in [1.82, 2.24) is 9.29 Å². The van der Waals surface area contributed by atoms with Crippen LogP contribution in [-0.2, 0) is 10.0 Å². The number of anilines is 1. The van der Waals surface area contributed by atoms with Crippen LogP contribution in [0.3, 0.4) is 0 Å². The van der Waals surface area contributed by atoms with E-state index in [9.17, 15) is 13.2 Å². The molecule has 9 heteroatoms. The fourth-order valence-electron chi connectivity index (χ4n) is 2.80. The second-order valence-corrected chi connectivity index (χ2v) is 9.26. The molecule has 6 nitrogen and oxygen atoms in total. The highest BCUT2D eigenvalue weighted by Crippen LogP contribution is 2.29. The number of nitrogens with zero attached hydrogens (tertiary/aromatic N) is 2. The van der Waals surface area contributed by atoms with E-state index >= 15 is 0 Å². The Morgan fingerprint density at radius 2 is 2.24 bits per heavy atom. The SMILES string of the molecule is C[C@H]1CCCN(S(=O)(=O)c2cc(C(=O)Nc3nccs3)ccc2Cl)C1. The maximum Gasteiger partial charge on any atom is 0.257 e. The number of piperidine rings is 1. The third kappa shape index (κ3) is 4.03. The molecule has 2 heterocycles. The highest BCUT2D eigenvalue weighted by Gasteiger charge is 2.30. The smallest absolute Gasteiger partial charge is 0.257 e. The lowest BCUT2D eigenvalue weighted by molar-refractivity contribution is 0.102. The van der Waals surface area contributed by atoms with Gasteiger partial charge in [0.2, 0.25) is 10.0 Å². The third-order valence-electron chi connectivity index (χ3n) is 4.08. The minimum Gasteiger partial charge on any atom is -0.298 e. The molecule has 1 amide bonds. The largest absolute Gasteiger partial charge is 0.298 e. The number of carbonyl (C=O) groups is 1. The summed E-state index contributed by atoms with van der Waals surface area (Å²) in [5.41, 5.74) is 0.225. The summed E-state index contributed by atoms with van der Waals surface area (Å²) < 4.78 is 27.3. The van der Waals surface area contributed by atoms with Crippen molar-refractivity contribution >= 4 is 44.0 Å². The summed E-state index contributed by atoms with van der Waals surface area (Å²) in [5.74, 6) is -0.117. The number of halogens is 1.